The number of nitrogens with zero attached hydrogens (tertiary/aromatic N) is 1. The summed E-state index contributed by atoms with van der Waals surface area (Å²) in [7, 11) is 1.48. The van der Waals surface area contributed by atoms with Crippen molar-refractivity contribution in [2.75, 3.05) is 18.2 Å². The number of carbonyl (C=O) groups excluding carboxylic acids is 1. The molecule has 0 saturated heterocycles. The Bertz CT molecular complexity index is 578. The van der Waals surface area contributed by atoms with Crippen molar-refractivity contribution in [1.29, 1.82) is 0 Å². The van der Waals surface area contributed by atoms with E-state index in [4.69, 9.17) is 14.9 Å². The minimum atomic E-state index is -0.388. The summed E-state index contributed by atoms with van der Waals surface area (Å²) in [5, 5.41) is 2.53. The van der Waals surface area contributed by atoms with E-state index in [0.29, 0.717) is 22.7 Å². The zero-order valence-electron chi connectivity index (χ0n) is 10.1. The molecule has 18 heavy (non-hydrogen) atoms. The van der Waals surface area contributed by atoms with E-state index in [9.17, 15) is 4.79 Å². The quantitative estimate of drug-likeness (QED) is 0.807. The second kappa shape index (κ2) is 4.79. The molecular formula is C12H13N3O3. The Hall–Kier alpha value is -2.50. The summed E-state index contributed by atoms with van der Waals surface area (Å²) in [6.45, 7) is 1.76. The zero-order valence-corrected chi connectivity index (χ0v) is 10.1. The van der Waals surface area contributed by atoms with Gasteiger partial charge in [0.1, 0.15) is 12.0 Å². The van der Waals surface area contributed by atoms with Gasteiger partial charge < -0.3 is 14.9 Å². The van der Waals surface area contributed by atoms with Gasteiger partial charge in [-0.15, -0.1) is 0 Å². The Kier molecular flexibility index (Phi) is 3.18. The molecule has 0 aliphatic carbocycles. The van der Waals surface area contributed by atoms with Crippen molar-refractivity contribution in [2.45, 2.75) is 6.92 Å². The van der Waals surface area contributed by atoms with Crippen LogP contribution in [0.4, 0.5) is 11.7 Å². The number of methoxy groups -OCH3 is 1. The van der Waals surface area contributed by atoms with Crippen molar-refractivity contribution >= 4 is 17.6 Å². The van der Waals surface area contributed by atoms with Crippen LogP contribution in [0, 0.1) is 6.92 Å². The second-order valence-electron chi connectivity index (χ2n) is 3.71. The van der Waals surface area contributed by atoms with E-state index < -0.39 is 0 Å². The first-order valence-corrected chi connectivity index (χ1v) is 5.27. The van der Waals surface area contributed by atoms with Gasteiger partial charge in [0.05, 0.1) is 18.4 Å². The predicted octanol–water partition coefficient (Wildman–Crippen LogP) is 1.83. The number of aryl methyl sites for hydroxylation is 1. The lowest BCUT2D eigenvalue weighted by Gasteiger charge is -2.08. The number of rotatable bonds is 3. The summed E-state index contributed by atoms with van der Waals surface area (Å²) < 4.78 is 10.1. The normalized spacial score (nSPS) is 10.1. The summed E-state index contributed by atoms with van der Waals surface area (Å²) in [4.78, 5) is 16.0. The highest BCUT2D eigenvalue weighted by Crippen LogP contribution is 2.22. The third-order valence-corrected chi connectivity index (χ3v) is 2.31. The maximum absolute atomic E-state index is 12.0. The lowest BCUT2D eigenvalue weighted by molar-refractivity contribution is 0.102. The smallest absolute Gasteiger partial charge is 0.301 e. The first-order chi connectivity index (χ1) is 8.60. The van der Waals surface area contributed by atoms with E-state index in [2.05, 4.69) is 10.3 Å². The summed E-state index contributed by atoms with van der Waals surface area (Å²) in [5.41, 5.74) is 7.13. The van der Waals surface area contributed by atoms with Crippen molar-refractivity contribution in [3.05, 3.63) is 35.7 Å². The number of nitrogen functional groups attached to an aromatic ring is 1. The number of nitrogens with one attached hydrogen (secondary N) is 1. The van der Waals surface area contributed by atoms with Gasteiger partial charge in [0.2, 0.25) is 0 Å². The first-order valence-electron chi connectivity index (χ1n) is 5.27. The highest BCUT2D eigenvalue weighted by Gasteiger charge is 2.14. The van der Waals surface area contributed by atoms with Crippen molar-refractivity contribution in [2.24, 2.45) is 0 Å². The molecule has 1 aromatic carbocycles. The van der Waals surface area contributed by atoms with Gasteiger partial charge in [-0.2, -0.15) is 4.98 Å². The Balaban J connectivity index is 2.25. The number of ether oxygens (including phenoxy) is 1. The van der Waals surface area contributed by atoms with E-state index in [1.807, 2.05) is 0 Å². The molecule has 0 spiro atoms. The molecule has 6 nitrogen and oxygen atoms in total. The van der Waals surface area contributed by atoms with Gasteiger partial charge in [-0.3, -0.25) is 10.1 Å². The van der Waals surface area contributed by atoms with Crippen LogP contribution in [-0.2, 0) is 0 Å². The lowest BCUT2D eigenvalue weighted by Crippen LogP contribution is -2.13. The molecule has 6 heteroatoms. The van der Waals surface area contributed by atoms with Crippen LogP contribution in [0.25, 0.3) is 0 Å². The summed E-state index contributed by atoms with van der Waals surface area (Å²) >= 11 is 0. The van der Waals surface area contributed by atoms with Gasteiger partial charge in [-0.25, -0.2) is 0 Å². The fraction of sp³-hybridized carbons (Fsp3) is 0.167. The summed E-state index contributed by atoms with van der Waals surface area (Å²) in [5.74, 6) is 0.0472. The standard InChI is InChI=1S/C12H13N3O3/c1-7-6-18-12(14-7)15-11(16)9-5-8(13)3-4-10(9)17-2/h3-6H,13H2,1-2H3,(H,14,15,16). The fourth-order valence-corrected chi connectivity index (χ4v) is 1.48. The van der Waals surface area contributed by atoms with Crippen LogP contribution < -0.4 is 15.8 Å². The van der Waals surface area contributed by atoms with Crippen LogP contribution in [0.15, 0.2) is 28.9 Å². The van der Waals surface area contributed by atoms with Crippen molar-refractivity contribution < 1.29 is 13.9 Å². The predicted molar refractivity (Wildman–Crippen MR) is 66.6 cm³/mol. The van der Waals surface area contributed by atoms with E-state index in [1.165, 1.54) is 19.4 Å². The number of hydrogen-bond acceptors (Lipinski definition) is 5. The number of carbonyl (C=O) groups is 1. The molecule has 0 atom stereocenters. The van der Waals surface area contributed by atoms with Crippen LogP contribution in [-0.4, -0.2) is 18.0 Å². The van der Waals surface area contributed by atoms with Crippen LogP contribution in [0.5, 0.6) is 5.75 Å². The van der Waals surface area contributed by atoms with Crippen LogP contribution in [0.2, 0.25) is 0 Å². The molecule has 0 radical (unpaired) electrons. The molecule has 0 bridgehead atoms. The number of nitrogens with two attached hydrogens (primary N) is 1. The molecule has 0 aliphatic rings. The number of hydrogen-bond donors (Lipinski definition) is 2. The minimum Gasteiger partial charge on any atom is -0.496 e. The topological polar surface area (TPSA) is 90.4 Å². The van der Waals surface area contributed by atoms with Crippen LogP contribution >= 0.6 is 0 Å². The molecule has 1 heterocycles. The van der Waals surface area contributed by atoms with Crippen LogP contribution in [0.3, 0.4) is 0 Å². The van der Waals surface area contributed by atoms with Crippen molar-refractivity contribution in [1.82, 2.24) is 4.98 Å². The Labute approximate surface area is 104 Å². The number of oxazole rings is 1. The molecule has 2 rings (SSSR count). The molecule has 0 unspecified atom stereocenters. The molecule has 1 aromatic heterocycles. The minimum absolute atomic E-state index is 0.141. The van der Waals surface area contributed by atoms with Crippen molar-refractivity contribution in [3.8, 4) is 5.75 Å². The van der Waals surface area contributed by atoms with E-state index in [-0.39, 0.29) is 11.9 Å². The van der Waals surface area contributed by atoms with Crippen molar-refractivity contribution in [3.63, 3.8) is 0 Å². The van der Waals surface area contributed by atoms with E-state index in [0.717, 1.165) is 0 Å². The average Bonchev–Trinajstić information content (AvgIpc) is 2.74. The second-order valence-corrected chi connectivity index (χ2v) is 3.71. The van der Waals surface area contributed by atoms with Gasteiger partial charge in [0.25, 0.3) is 5.91 Å². The van der Waals surface area contributed by atoms with Gasteiger partial charge in [-0.1, -0.05) is 0 Å². The molecule has 0 fully saturated rings. The summed E-state index contributed by atoms with van der Waals surface area (Å²) in [6, 6.07) is 4.96. The first kappa shape index (κ1) is 12.0. The Morgan fingerprint density at radius 3 is 2.89 bits per heavy atom. The Morgan fingerprint density at radius 1 is 1.50 bits per heavy atom. The third kappa shape index (κ3) is 2.42. The highest BCUT2D eigenvalue weighted by molar-refractivity contribution is 6.05. The maximum atomic E-state index is 12.0. The van der Waals surface area contributed by atoms with Gasteiger partial charge in [-0.05, 0) is 25.1 Å². The van der Waals surface area contributed by atoms with Gasteiger partial charge in [0.15, 0.2) is 0 Å². The highest BCUT2D eigenvalue weighted by atomic mass is 16.5. The fourth-order valence-electron chi connectivity index (χ4n) is 1.48. The number of aromatic nitrogens is 1. The Morgan fingerprint density at radius 2 is 2.28 bits per heavy atom. The largest absolute Gasteiger partial charge is 0.496 e. The monoisotopic (exact) mass is 247 g/mol. The average molecular weight is 247 g/mol. The molecule has 3 N–H and O–H groups in total. The molecular weight excluding hydrogens is 234 g/mol. The molecule has 2 aromatic rings. The molecule has 94 valence electrons. The number of anilines is 2. The maximum Gasteiger partial charge on any atom is 0.301 e. The van der Waals surface area contributed by atoms with Gasteiger partial charge >= 0.3 is 6.01 Å². The number of benzene rings is 1. The number of amides is 1. The van der Waals surface area contributed by atoms with E-state index >= 15 is 0 Å². The third-order valence-electron chi connectivity index (χ3n) is 2.31. The van der Waals surface area contributed by atoms with Gasteiger partial charge in [0, 0.05) is 5.69 Å². The lowest BCUT2D eigenvalue weighted by atomic mass is 10.1. The molecule has 0 aliphatic heterocycles. The zero-order chi connectivity index (χ0) is 13.1. The van der Waals surface area contributed by atoms with Crippen LogP contribution in [0.1, 0.15) is 16.1 Å². The van der Waals surface area contributed by atoms with E-state index in [1.54, 1.807) is 19.1 Å². The molecule has 1 amide bonds. The summed E-state index contributed by atoms with van der Waals surface area (Å²) in [6.07, 6.45) is 1.45. The SMILES string of the molecule is COc1ccc(N)cc1C(=O)Nc1nc(C)co1. The molecule has 0 saturated carbocycles.